The summed E-state index contributed by atoms with van der Waals surface area (Å²) in [4.78, 5) is 16.4. The standard InChI is InChI=1S/C17H21ClN4O2/c1-11-8-9-19-10-14(11)20-15(23)6-7-16-21-17(22-24-16)12-2-4-13(18)5-3-12/h2-5,11,14,19H,6-10H2,1H3,(H,20,23). The summed E-state index contributed by atoms with van der Waals surface area (Å²) in [6.07, 6.45) is 1.85. The molecule has 2 N–H and O–H groups in total. The van der Waals surface area contributed by atoms with Crippen molar-refractivity contribution in [1.82, 2.24) is 20.8 Å². The first-order valence-electron chi connectivity index (χ1n) is 8.20. The van der Waals surface area contributed by atoms with Crippen LogP contribution >= 0.6 is 11.6 Å². The molecule has 1 amide bonds. The van der Waals surface area contributed by atoms with Crippen molar-refractivity contribution in [3.8, 4) is 11.4 Å². The van der Waals surface area contributed by atoms with Crippen LogP contribution in [0, 0.1) is 5.92 Å². The van der Waals surface area contributed by atoms with E-state index in [4.69, 9.17) is 16.1 Å². The lowest BCUT2D eigenvalue weighted by atomic mass is 9.95. The normalized spacial score (nSPS) is 20.8. The molecule has 1 aromatic heterocycles. The van der Waals surface area contributed by atoms with Crippen LogP contribution in [-0.2, 0) is 11.2 Å². The van der Waals surface area contributed by atoms with Gasteiger partial charge < -0.3 is 15.2 Å². The topological polar surface area (TPSA) is 80.0 Å². The van der Waals surface area contributed by atoms with E-state index in [1.54, 1.807) is 12.1 Å². The molecule has 6 nitrogen and oxygen atoms in total. The van der Waals surface area contributed by atoms with Gasteiger partial charge in [-0.1, -0.05) is 23.7 Å². The highest BCUT2D eigenvalue weighted by atomic mass is 35.5. The number of aromatic nitrogens is 2. The third-order valence-corrected chi connectivity index (χ3v) is 4.56. The number of hydrogen-bond acceptors (Lipinski definition) is 5. The van der Waals surface area contributed by atoms with E-state index in [1.165, 1.54) is 0 Å². The zero-order valence-electron chi connectivity index (χ0n) is 13.6. The smallest absolute Gasteiger partial charge is 0.227 e. The van der Waals surface area contributed by atoms with Gasteiger partial charge in [0.25, 0.3) is 0 Å². The third kappa shape index (κ3) is 4.33. The lowest BCUT2D eigenvalue weighted by molar-refractivity contribution is -0.122. The number of rotatable bonds is 5. The van der Waals surface area contributed by atoms with Crippen LogP contribution in [-0.4, -0.2) is 35.2 Å². The van der Waals surface area contributed by atoms with Crippen molar-refractivity contribution in [2.24, 2.45) is 5.92 Å². The van der Waals surface area contributed by atoms with Crippen LogP contribution in [0.2, 0.25) is 5.02 Å². The highest BCUT2D eigenvalue weighted by molar-refractivity contribution is 6.30. The molecule has 1 saturated heterocycles. The van der Waals surface area contributed by atoms with Crippen LogP contribution < -0.4 is 10.6 Å². The molecule has 1 aromatic carbocycles. The van der Waals surface area contributed by atoms with Gasteiger partial charge in [-0.2, -0.15) is 4.98 Å². The Hall–Kier alpha value is -1.92. The second kappa shape index (κ2) is 7.77. The van der Waals surface area contributed by atoms with Crippen molar-refractivity contribution in [1.29, 1.82) is 0 Å². The lowest BCUT2D eigenvalue weighted by Gasteiger charge is -2.30. The predicted octanol–water partition coefficient (Wildman–Crippen LogP) is 2.44. The van der Waals surface area contributed by atoms with E-state index >= 15 is 0 Å². The summed E-state index contributed by atoms with van der Waals surface area (Å²) < 4.78 is 5.22. The number of aryl methyl sites for hydroxylation is 1. The summed E-state index contributed by atoms with van der Waals surface area (Å²) in [6, 6.07) is 7.42. The average molecular weight is 349 g/mol. The maximum absolute atomic E-state index is 12.1. The van der Waals surface area contributed by atoms with Gasteiger partial charge in [-0.25, -0.2) is 0 Å². The Kier molecular flexibility index (Phi) is 5.48. The first-order valence-corrected chi connectivity index (χ1v) is 8.58. The molecule has 2 heterocycles. The molecule has 3 rings (SSSR count). The Morgan fingerprint density at radius 2 is 2.21 bits per heavy atom. The van der Waals surface area contributed by atoms with Crippen LogP contribution in [0.1, 0.15) is 25.7 Å². The van der Waals surface area contributed by atoms with Gasteiger partial charge in [0.2, 0.25) is 17.6 Å². The highest BCUT2D eigenvalue weighted by Crippen LogP contribution is 2.19. The van der Waals surface area contributed by atoms with Gasteiger partial charge in [-0.3, -0.25) is 4.79 Å². The van der Waals surface area contributed by atoms with Gasteiger partial charge >= 0.3 is 0 Å². The van der Waals surface area contributed by atoms with E-state index in [0.29, 0.717) is 35.5 Å². The van der Waals surface area contributed by atoms with Crippen molar-refractivity contribution >= 4 is 17.5 Å². The van der Waals surface area contributed by atoms with E-state index in [0.717, 1.165) is 25.1 Å². The SMILES string of the molecule is CC1CCNCC1NC(=O)CCc1nc(-c2ccc(Cl)cc2)no1. The van der Waals surface area contributed by atoms with Gasteiger partial charge in [0.05, 0.1) is 0 Å². The summed E-state index contributed by atoms with van der Waals surface area (Å²) in [7, 11) is 0. The summed E-state index contributed by atoms with van der Waals surface area (Å²) in [6.45, 7) is 4.01. The number of hydrogen-bond donors (Lipinski definition) is 2. The summed E-state index contributed by atoms with van der Waals surface area (Å²) in [5, 5.41) is 11.0. The van der Waals surface area contributed by atoms with Crippen LogP contribution in [0.4, 0.5) is 0 Å². The number of carbonyl (C=O) groups is 1. The first-order chi connectivity index (χ1) is 11.6. The largest absolute Gasteiger partial charge is 0.352 e. The molecule has 0 bridgehead atoms. The Labute approximate surface area is 146 Å². The molecule has 24 heavy (non-hydrogen) atoms. The number of amides is 1. The molecule has 2 unspecified atom stereocenters. The number of piperidine rings is 1. The quantitative estimate of drug-likeness (QED) is 0.867. The van der Waals surface area contributed by atoms with E-state index in [1.807, 2.05) is 12.1 Å². The van der Waals surface area contributed by atoms with E-state index in [9.17, 15) is 4.79 Å². The minimum Gasteiger partial charge on any atom is -0.352 e. The Balaban J connectivity index is 1.51. The van der Waals surface area contributed by atoms with Gasteiger partial charge in [0.15, 0.2) is 0 Å². The highest BCUT2D eigenvalue weighted by Gasteiger charge is 2.22. The lowest BCUT2D eigenvalue weighted by Crippen LogP contribution is -2.50. The molecule has 1 aliphatic rings. The molecule has 128 valence electrons. The zero-order valence-corrected chi connectivity index (χ0v) is 14.3. The third-order valence-electron chi connectivity index (χ3n) is 4.31. The maximum atomic E-state index is 12.1. The fourth-order valence-corrected chi connectivity index (χ4v) is 2.88. The van der Waals surface area contributed by atoms with Crippen LogP contribution in [0.15, 0.2) is 28.8 Å². The number of carbonyl (C=O) groups excluding carboxylic acids is 1. The number of nitrogens with one attached hydrogen (secondary N) is 2. The molecule has 7 heteroatoms. The van der Waals surface area contributed by atoms with Crippen LogP contribution in [0.5, 0.6) is 0 Å². The predicted molar refractivity (Wildman–Crippen MR) is 91.6 cm³/mol. The molecule has 0 aliphatic carbocycles. The summed E-state index contributed by atoms with van der Waals surface area (Å²) in [5.41, 5.74) is 0.834. The Morgan fingerprint density at radius 3 is 2.96 bits per heavy atom. The van der Waals surface area contributed by atoms with Crippen LogP contribution in [0.3, 0.4) is 0 Å². The van der Waals surface area contributed by atoms with Crippen molar-refractivity contribution < 1.29 is 9.32 Å². The monoisotopic (exact) mass is 348 g/mol. The maximum Gasteiger partial charge on any atom is 0.227 e. The van der Waals surface area contributed by atoms with Gasteiger partial charge in [-0.15, -0.1) is 0 Å². The molecule has 2 aromatic rings. The number of nitrogens with zero attached hydrogens (tertiary/aromatic N) is 2. The number of benzene rings is 1. The van der Waals surface area contributed by atoms with E-state index in [-0.39, 0.29) is 11.9 Å². The van der Waals surface area contributed by atoms with Gasteiger partial charge in [-0.05, 0) is 43.1 Å². The molecular formula is C17H21ClN4O2. The Morgan fingerprint density at radius 1 is 1.42 bits per heavy atom. The minimum atomic E-state index is 0.0155. The summed E-state index contributed by atoms with van der Waals surface area (Å²) >= 11 is 5.87. The van der Waals surface area contributed by atoms with Crippen molar-refractivity contribution in [3.63, 3.8) is 0 Å². The molecule has 2 atom stereocenters. The molecule has 0 radical (unpaired) electrons. The fourth-order valence-electron chi connectivity index (χ4n) is 2.75. The van der Waals surface area contributed by atoms with E-state index < -0.39 is 0 Å². The van der Waals surface area contributed by atoms with Crippen LogP contribution in [0.25, 0.3) is 11.4 Å². The summed E-state index contributed by atoms with van der Waals surface area (Å²) in [5.74, 6) is 1.48. The second-order valence-corrected chi connectivity index (χ2v) is 6.60. The molecular weight excluding hydrogens is 328 g/mol. The van der Waals surface area contributed by atoms with Gasteiger partial charge in [0, 0.05) is 36.0 Å². The van der Waals surface area contributed by atoms with Crippen molar-refractivity contribution in [2.75, 3.05) is 13.1 Å². The van der Waals surface area contributed by atoms with Gasteiger partial charge in [0.1, 0.15) is 0 Å². The zero-order chi connectivity index (χ0) is 16.9. The molecule has 1 aliphatic heterocycles. The average Bonchev–Trinajstić information content (AvgIpc) is 3.05. The van der Waals surface area contributed by atoms with E-state index in [2.05, 4.69) is 27.7 Å². The second-order valence-electron chi connectivity index (χ2n) is 6.16. The van der Waals surface area contributed by atoms with Crippen molar-refractivity contribution in [3.05, 3.63) is 35.2 Å². The molecule has 0 saturated carbocycles. The number of halogens is 1. The molecule has 0 spiro atoms. The first kappa shape index (κ1) is 16.9. The molecule has 1 fully saturated rings. The minimum absolute atomic E-state index is 0.0155. The fraction of sp³-hybridized carbons (Fsp3) is 0.471. The van der Waals surface area contributed by atoms with Crippen molar-refractivity contribution in [2.45, 2.75) is 32.2 Å². The Bertz CT molecular complexity index is 686.